The van der Waals surface area contributed by atoms with Gasteiger partial charge < -0.3 is 15.4 Å². The number of piperidine rings is 1. The molecule has 0 saturated carbocycles. The zero-order chi connectivity index (χ0) is 14.4. The van der Waals surface area contributed by atoms with E-state index >= 15 is 0 Å². The molecule has 0 aromatic heterocycles. The number of rotatable bonds is 5. The standard InChI is InChI=1S/C14H18BrClN2O2/c15-10-1-2-13(16)12(9-10)14(19)18-7-8-20-11-3-5-17-6-4-11/h1-2,9,11,17H,3-8H2,(H,18,19). The van der Waals surface area contributed by atoms with Crippen molar-refractivity contribution in [3.8, 4) is 0 Å². The molecule has 0 aliphatic carbocycles. The van der Waals surface area contributed by atoms with Crippen LogP contribution >= 0.6 is 27.5 Å². The molecule has 1 aliphatic heterocycles. The Kier molecular flexibility index (Phi) is 6.29. The Morgan fingerprint density at radius 2 is 2.20 bits per heavy atom. The molecule has 1 heterocycles. The van der Waals surface area contributed by atoms with Crippen LogP contribution in [0.1, 0.15) is 23.2 Å². The van der Waals surface area contributed by atoms with Crippen LogP contribution in [0.4, 0.5) is 0 Å². The molecule has 1 fully saturated rings. The van der Waals surface area contributed by atoms with Crippen LogP contribution in [-0.2, 0) is 4.74 Å². The van der Waals surface area contributed by atoms with Gasteiger partial charge in [0.25, 0.3) is 5.91 Å². The van der Waals surface area contributed by atoms with Crippen LogP contribution in [0.15, 0.2) is 22.7 Å². The van der Waals surface area contributed by atoms with E-state index in [0.717, 1.165) is 30.4 Å². The van der Waals surface area contributed by atoms with E-state index in [-0.39, 0.29) is 5.91 Å². The number of halogens is 2. The zero-order valence-electron chi connectivity index (χ0n) is 11.1. The normalized spacial score (nSPS) is 16.1. The maximum atomic E-state index is 12.0. The van der Waals surface area contributed by atoms with Crippen molar-refractivity contribution in [1.29, 1.82) is 0 Å². The second-order valence-corrected chi connectivity index (χ2v) is 6.02. The Hall–Kier alpha value is -0.620. The van der Waals surface area contributed by atoms with Crippen molar-refractivity contribution in [3.63, 3.8) is 0 Å². The van der Waals surface area contributed by atoms with Gasteiger partial charge in [0.15, 0.2) is 0 Å². The number of hydrogen-bond acceptors (Lipinski definition) is 3. The summed E-state index contributed by atoms with van der Waals surface area (Å²) in [6.07, 6.45) is 2.37. The zero-order valence-corrected chi connectivity index (χ0v) is 13.5. The monoisotopic (exact) mass is 360 g/mol. The number of nitrogens with one attached hydrogen (secondary N) is 2. The largest absolute Gasteiger partial charge is 0.376 e. The van der Waals surface area contributed by atoms with E-state index in [1.165, 1.54) is 0 Å². The Labute approximate surface area is 132 Å². The van der Waals surface area contributed by atoms with E-state index in [0.29, 0.717) is 29.8 Å². The highest BCUT2D eigenvalue weighted by molar-refractivity contribution is 9.10. The Balaban J connectivity index is 1.73. The van der Waals surface area contributed by atoms with Crippen molar-refractivity contribution in [2.24, 2.45) is 0 Å². The van der Waals surface area contributed by atoms with Gasteiger partial charge in [-0.3, -0.25) is 4.79 Å². The molecule has 2 rings (SSSR count). The molecule has 1 aromatic carbocycles. The van der Waals surface area contributed by atoms with Gasteiger partial charge in [0.05, 0.1) is 23.3 Å². The second-order valence-electron chi connectivity index (χ2n) is 4.70. The molecule has 0 radical (unpaired) electrons. The molecular formula is C14H18BrClN2O2. The Morgan fingerprint density at radius 3 is 2.95 bits per heavy atom. The first-order chi connectivity index (χ1) is 9.66. The predicted molar refractivity (Wildman–Crippen MR) is 83.3 cm³/mol. The molecule has 0 bridgehead atoms. The van der Waals surface area contributed by atoms with Crippen molar-refractivity contribution in [2.75, 3.05) is 26.2 Å². The number of ether oxygens (including phenoxy) is 1. The summed E-state index contributed by atoms with van der Waals surface area (Å²) < 4.78 is 6.56. The molecule has 2 N–H and O–H groups in total. The van der Waals surface area contributed by atoms with E-state index < -0.39 is 0 Å². The van der Waals surface area contributed by atoms with Crippen molar-refractivity contribution in [2.45, 2.75) is 18.9 Å². The van der Waals surface area contributed by atoms with Crippen molar-refractivity contribution >= 4 is 33.4 Å². The van der Waals surface area contributed by atoms with Gasteiger partial charge in [-0.2, -0.15) is 0 Å². The fourth-order valence-corrected chi connectivity index (χ4v) is 2.68. The van der Waals surface area contributed by atoms with Crippen molar-refractivity contribution in [3.05, 3.63) is 33.3 Å². The molecule has 6 heteroatoms. The lowest BCUT2D eigenvalue weighted by molar-refractivity contribution is 0.0343. The highest BCUT2D eigenvalue weighted by Gasteiger charge is 2.14. The second kappa shape index (κ2) is 7.98. The minimum atomic E-state index is -0.176. The molecule has 110 valence electrons. The van der Waals surface area contributed by atoms with Crippen molar-refractivity contribution < 1.29 is 9.53 Å². The van der Waals surface area contributed by atoms with E-state index in [4.69, 9.17) is 16.3 Å². The first kappa shape index (κ1) is 15.8. The molecule has 4 nitrogen and oxygen atoms in total. The summed E-state index contributed by atoms with van der Waals surface area (Å²) in [7, 11) is 0. The lowest BCUT2D eigenvalue weighted by Gasteiger charge is -2.22. The average Bonchev–Trinajstić information content (AvgIpc) is 2.47. The number of hydrogen-bond donors (Lipinski definition) is 2. The van der Waals surface area contributed by atoms with E-state index in [1.54, 1.807) is 18.2 Å². The molecule has 1 amide bonds. The van der Waals surface area contributed by atoms with Gasteiger partial charge in [0.1, 0.15) is 0 Å². The number of amides is 1. The quantitative estimate of drug-likeness (QED) is 0.793. The van der Waals surface area contributed by atoms with Crippen LogP contribution in [0.3, 0.4) is 0 Å². The van der Waals surface area contributed by atoms with Gasteiger partial charge in [0, 0.05) is 11.0 Å². The highest BCUT2D eigenvalue weighted by Crippen LogP contribution is 2.20. The van der Waals surface area contributed by atoms with Gasteiger partial charge in [-0.1, -0.05) is 27.5 Å². The summed E-state index contributed by atoms with van der Waals surface area (Å²) in [4.78, 5) is 12.0. The first-order valence-corrected chi connectivity index (χ1v) is 7.89. The molecule has 0 spiro atoms. The maximum Gasteiger partial charge on any atom is 0.252 e. The van der Waals surface area contributed by atoms with E-state index in [1.807, 2.05) is 0 Å². The third-order valence-electron chi connectivity index (χ3n) is 3.20. The van der Waals surface area contributed by atoms with E-state index in [2.05, 4.69) is 26.6 Å². The number of carbonyl (C=O) groups is 1. The molecule has 1 saturated heterocycles. The van der Waals surface area contributed by atoms with Crippen molar-refractivity contribution in [1.82, 2.24) is 10.6 Å². The summed E-state index contributed by atoms with van der Waals surface area (Å²) in [5, 5.41) is 6.56. The summed E-state index contributed by atoms with van der Waals surface area (Å²) in [6, 6.07) is 5.22. The molecule has 0 unspecified atom stereocenters. The highest BCUT2D eigenvalue weighted by atomic mass is 79.9. The minimum absolute atomic E-state index is 0.176. The van der Waals surface area contributed by atoms with Crippen LogP contribution in [0.25, 0.3) is 0 Å². The van der Waals surface area contributed by atoms with E-state index in [9.17, 15) is 4.79 Å². The summed E-state index contributed by atoms with van der Waals surface area (Å²) in [5.74, 6) is -0.176. The Bertz CT molecular complexity index is 464. The van der Waals surface area contributed by atoms with Gasteiger partial charge >= 0.3 is 0 Å². The minimum Gasteiger partial charge on any atom is -0.376 e. The SMILES string of the molecule is O=C(NCCOC1CCNCC1)c1cc(Br)ccc1Cl. The molecule has 1 aliphatic rings. The smallest absolute Gasteiger partial charge is 0.252 e. The van der Waals surface area contributed by atoms with Gasteiger partial charge in [-0.15, -0.1) is 0 Å². The van der Waals surface area contributed by atoms with Crippen LogP contribution in [-0.4, -0.2) is 38.3 Å². The van der Waals surface area contributed by atoms with Crippen LogP contribution in [0, 0.1) is 0 Å². The topological polar surface area (TPSA) is 50.4 Å². The van der Waals surface area contributed by atoms with Crippen LogP contribution < -0.4 is 10.6 Å². The number of carbonyl (C=O) groups excluding carboxylic acids is 1. The molecular weight excluding hydrogens is 344 g/mol. The fraction of sp³-hybridized carbons (Fsp3) is 0.500. The van der Waals surface area contributed by atoms with Gasteiger partial charge in [-0.05, 0) is 44.1 Å². The third-order valence-corrected chi connectivity index (χ3v) is 4.02. The Morgan fingerprint density at radius 1 is 1.45 bits per heavy atom. The lowest BCUT2D eigenvalue weighted by Crippen LogP contribution is -2.34. The fourth-order valence-electron chi connectivity index (χ4n) is 2.12. The summed E-state index contributed by atoms with van der Waals surface area (Å²) in [6.45, 7) is 3.03. The lowest BCUT2D eigenvalue weighted by atomic mass is 10.1. The van der Waals surface area contributed by atoms with Gasteiger partial charge in [-0.25, -0.2) is 0 Å². The summed E-state index contributed by atoms with van der Waals surface area (Å²) in [5.41, 5.74) is 0.475. The molecule has 0 atom stereocenters. The van der Waals surface area contributed by atoms with Crippen LogP contribution in [0.2, 0.25) is 5.02 Å². The first-order valence-electron chi connectivity index (χ1n) is 6.72. The molecule has 20 heavy (non-hydrogen) atoms. The third kappa shape index (κ3) is 4.74. The van der Waals surface area contributed by atoms with Crippen LogP contribution in [0.5, 0.6) is 0 Å². The number of benzene rings is 1. The predicted octanol–water partition coefficient (Wildman–Crippen LogP) is 2.60. The van der Waals surface area contributed by atoms with Gasteiger partial charge in [0.2, 0.25) is 0 Å². The maximum absolute atomic E-state index is 12.0. The average molecular weight is 362 g/mol. The molecule has 1 aromatic rings. The summed E-state index contributed by atoms with van der Waals surface area (Å²) >= 11 is 9.34.